The van der Waals surface area contributed by atoms with Crippen LogP contribution in [0.25, 0.3) is 0 Å². The second-order valence-corrected chi connectivity index (χ2v) is 5.91. The number of nitrogens with zero attached hydrogens (tertiary/aromatic N) is 1. The van der Waals surface area contributed by atoms with Gasteiger partial charge in [0.2, 0.25) is 11.8 Å². The molecule has 128 valence electrons. The molecule has 0 saturated carbocycles. The van der Waals surface area contributed by atoms with Crippen LogP contribution >= 0.6 is 12.4 Å². The Morgan fingerprint density at radius 2 is 1.83 bits per heavy atom. The van der Waals surface area contributed by atoms with Gasteiger partial charge in [-0.15, -0.1) is 12.4 Å². The maximum Gasteiger partial charge on any atom is 0.228 e. The van der Waals surface area contributed by atoms with Crippen molar-refractivity contribution in [3.8, 4) is 0 Å². The predicted molar refractivity (Wildman–Crippen MR) is 94.7 cm³/mol. The predicted octanol–water partition coefficient (Wildman–Crippen LogP) is 2.20. The lowest BCUT2D eigenvalue weighted by molar-refractivity contribution is -0.130. The average Bonchev–Trinajstić information content (AvgIpc) is 3.07. The maximum atomic E-state index is 12.0. The molecular formula is C17H26ClN3O2. The highest BCUT2D eigenvalue weighted by molar-refractivity contribution is 5.92. The summed E-state index contributed by atoms with van der Waals surface area (Å²) < 4.78 is 0. The molecule has 5 nitrogen and oxygen atoms in total. The lowest BCUT2D eigenvalue weighted by atomic mass is 10.1. The second kappa shape index (κ2) is 9.53. The Bertz CT molecular complexity index is 513. The van der Waals surface area contributed by atoms with E-state index in [4.69, 9.17) is 5.73 Å². The summed E-state index contributed by atoms with van der Waals surface area (Å²) in [5, 5.41) is 2.84. The van der Waals surface area contributed by atoms with Gasteiger partial charge in [0, 0.05) is 37.7 Å². The van der Waals surface area contributed by atoms with Crippen molar-refractivity contribution in [2.24, 2.45) is 11.7 Å². The summed E-state index contributed by atoms with van der Waals surface area (Å²) in [5.41, 5.74) is 7.35. The third kappa shape index (κ3) is 5.84. The van der Waals surface area contributed by atoms with E-state index >= 15 is 0 Å². The molecule has 23 heavy (non-hydrogen) atoms. The molecule has 1 aliphatic heterocycles. The van der Waals surface area contributed by atoms with Crippen LogP contribution in [0.3, 0.4) is 0 Å². The molecule has 3 N–H and O–H groups in total. The van der Waals surface area contributed by atoms with Crippen LogP contribution in [0.15, 0.2) is 24.3 Å². The Kier molecular flexibility index (Phi) is 8.06. The fraction of sp³-hybridized carbons (Fsp3) is 0.529. The normalized spacial score (nSPS) is 15.0. The first kappa shape index (κ1) is 19.5. The zero-order valence-corrected chi connectivity index (χ0v) is 14.4. The molecule has 0 spiro atoms. The van der Waals surface area contributed by atoms with Crippen molar-refractivity contribution in [3.63, 3.8) is 0 Å². The molecular weight excluding hydrogens is 314 g/mol. The number of benzene rings is 1. The van der Waals surface area contributed by atoms with Gasteiger partial charge in [0.1, 0.15) is 0 Å². The first-order valence-electron chi connectivity index (χ1n) is 7.98. The smallest absolute Gasteiger partial charge is 0.228 e. The molecule has 6 heteroatoms. The lowest BCUT2D eigenvalue weighted by Crippen LogP contribution is -2.27. The van der Waals surface area contributed by atoms with Crippen molar-refractivity contribution < 1.29 is 9.59 Å². The van der Waals surface area contributed by atoms with Gasteiger partial charge in [-0.1, -0.05) is 19.1 Å². The molecule has 0 aliphatic carbocycles. The number of likely N-dealkylation sites (tertiary alicyclic amines) is 1. The highest BCUT2D eigenvalue weighted by Gasteiger charge is 2.17. The van der Waals surface area contributed by atoms with Crippen LogP contribution < -0.4 is 11.1 Å². The van der Waals surface area contributed by atoms with Crippen LogP contribution in [0, 0.1) is 5.92 Å². The number of carbonyl (C=O) groups is 2. The maximum absolute atomic E-state index is 12.0. The van der Waals surface area contributed by atoms with E-state index in [1.54, 1.807) is 6.92 Å². The number of carbonyl (C=O) groups excluding carboxylic acids is 2. The topological polar surface area (TPSA) is 75.4 Å². The third-order valence-electron chi connectivity index (χ3n) is 4.11. The molecule has 1 aliphatic rings. The summed E-state index contributed by atoms with van der Waals surface area (Å²) in [6.45, 7) is 3.95. The van der Waals surface area contributed by atoms with Crippen molar-refractivity contribution in [2.75, 3.05) is 25.0 Å². The van der Waals surface area contributed by atoms with Crippen LogP contribution in [0.5, 0.6) is 0 Å². The van der Waals surface area contributed by atoms with E-state index in [1.165, 1.54) is 0 Å². The van der Waals surface area contributed by atoms with E-state index < -0.39 is 0 Å². The summed E-state index contributed by atoms with van der Waals surface area (Å²) in [4.78, 5) is 25.7. The molecule has 2 rings (SSSR count). The van der Waals surface area contributed by atoms with Gasteiger partial charge < -0.3 is 16.0 Å². The van der Waals surface area contributed by atoms with E-state index in [0.29, 0.717) is 13.0 Å². The Labute approximate surface area is 144 Å². The molecule has 1 aromatic carbocycles. The Hall–Kier alpha value is -1.59. The zero-order valence-electron chi connectivity index (χ0n) is 13.6. The number of amides is 2. The molecule has 1 atom stereocenters. The summed E-state index contributed by atoms with van der Waals surface area (Å²) in [5.74, 6) is -0.0242. The molecule has 0 radical (unpaired) electrons. The second-order valence-electron chi connectivity index (χ2n) is 5.91. The largest absolute Gasteiger partial charge is 0.343 e. The molecule has 0 bridgehead atoms. The Morgan fingerprint density at radius 1 is 1.22 bits per heavy atom. The molecule has 1 unspecified atom stereocenters. The highest BCUT2D eigenvalue weighted by atomic mass is 35.5. The minimum absolute atomic E-state index is 0. The van der Waals surface area contributed by atoms with Gasteiger partial charge in [0.05, 0.1) is 0 Å². The standard InChI is InChI=1S/C17H25N3O2.ClH/c1-13(12-18)17(22)19-15-7-4-14(5-8-15)6-9-16(21)20-10-2-3-11-20;/h4-5,7-8,13H,2-3,6,9-12,18H2,1H3,(H,19,22);1H. The van der Waals surface area contributed by atoms with E-state index in [-0.39, 0.29) is 30.1 Å². The van der Waals surface area contributed by atoms with Crippen molar-refractivity contribution in [2.45, 2.75) is 32.6 Å². The lowest BCUT2D eigenvalue weighted by Gasteiger charge is -2.15. The third-order valence-corrected chi connectivity index (χ3v) is 4.11. The molecule has 1 aromatic rings. The molecule has 0 aromatic heterocycles. The fourth-order valence-electron chi connectivity index (χ4n) is 2.50. The number of rotatable bonds is 6. The van der Waals surface area contributed by atoms with Gasteiger partial charge in [-0.25, -0.2) is 0 Å². The van der Waals surface area contributed by atoms with Crippen LogP contribution in [-0.4, -0.2) is 36.3 Å². The molecule has 1 saturated heterocycles. The van der Waals surface area contributed by atoms with Gasteiger partial charge in [-0.2, -0.15) is 0 Å². The summed E-state index contributed by atoms with van der Waals surface area (Å²) in [7, 11) is 0. The molecule has 1 heterocycles. The molecule has 2 amide bonds. The SMILES string of the molecule is CC(CN)C(=O)Nc1ccc(CCC(=O)N2CCCC2)cc1.Cl. The minimum Gasteiger partial charge on any atom is -0.343 e. The van der Waals surface area contributed by atoms with E-state index in [1.807, 2.05) is 29.2 Å². The van der Waals surface area contributed by atoms with Crippen molar-refractivity contribution in [1.82, 2.24) is 4.90 Å². The Morgan fingerprint density at radius 3 is 2.39 bits per heavy atom. The number of nitrogens with two attached hydrogens (primary N) is 1. The highest BCUT2D eigenvalue weighted by Crippen LogP contribution is 2.14. The van der Waals surface area contributed by atoms with Crippen LogP contribution in [0.2, 0.25) is 0 Å². The monoisotopic (exact) mass is 339 g/mol. The van der Waals surface area contributed by atoms with Gasteiger partial charge in [0.15, 0.2) is 0 Å². The van der Waals surface area contributed by atoms with Crippen LogP contribution in [0.1, 0.15) is 31.7 Å². The Balaban J connectivity index is 0.00000264. The number of hydrogen-bond acceptors (Lipinski definition) is 3. The van der Waals surface area contributed by atoms with Crippen molar-refractivity contribution >= 4 is 29.9 Å². The molecule has 1 fully saturated rings. The average molecular weight is 340 g/mol. The van der Waals surface area contributed by atoms with Gasteiger partial charge in [-0.05, 0) is 37.0 Å². The quantitative estimate of drug-likeness (QED) is 0.834. The van der Waals surface area contributed by atoms with E-state index in [2.05, 4.69) is 5.32 Å². The first-order chi connectivity index (χ1) is 10.6. The van der Waals surface area contributed by atoms with E-state index in [0.717, 1.165) is 43.6 Å². The number of nitrogens with one attached hydrogen (secondary N) is 1. The minimum atomic E-state index is -0.197. The zero-order chi connectivity index (χ0) is 15.9. The fourth-order valence-corrected chi connectivity index (χ4v) is 2.50. The summed E-state index contributed by atoms with van der Waals surface area (Å²) >= 11 is 0. The number of halogens is 1. The number of hydrogen-bond donors (Lipinski definition) is 2. The summed E-state index contributed by atoms with van der Waals surface area (Å²) in [6, 6.07) is 7.66. The van der Waals surface area contributed by atoms with E-state index in [9.17, 15) is 9.59 Å². The number of anilines is 1. The van der Waals surface area contributed by atoms with Gasteiger partial charge in [0.25, 0.3) is 0 Å². The summed E-state index contributed by atoms with van der Waals surface area (Å²) in [6.07, 6.45) is 3.54. The van der Waals surface area contributed by atoms with Crippen molar-refractivity contribution in [3.05, 3.63) is 29.8 Å². The van der Waals surface area contributed by atoms with Gasteiger partial charge in [-0.3, -0.25) is 9.59 Å². The van der Waals surface area contributed by atoms with Crippen LogP contribution in [0.4, 0.5) is 5.69 Å². The first-order valence-corrected chi connectivity index (χ1v) is 7.98. The van der Waals surface area contributed by atoms with Gasteiger partial charge >= 0.3 is 0 Å². The number of aryl methyl sites for hydroxylation is 1. The van der Waals surface area contributed by atoms with Crippen LogP contribution in [-0.2, 0) is 16.0 Å². The van der Waals surface area contributed by atoms with Crippen molar-refractivity contribution in [1.29, 1.82) is 0 Å².